The van der Waals surface area contributed by atoms with E-state index in [0.29, 0.717) is 74.3 Å². The molecule has 3 fully saturated rings. The predicted octanol–water partition coefficient (Wildman–Crippen LogP) is 5.41. The van der Waals surface area contributed by atoms with Crippen molar-refractivity contribution in [1.29, 1.82) is 0 Å². The zero-order valence-corrected chi connectivity index (χ0v) is 30.3. The fraction of sp³-hybridized carbons (Fsp3) is 0.462. The van der Waals surface area contributed by atoms with E-state index in [1.807, 2.05) is 77.5 Å². The number of rotatable bonds is 11. The van der Waals surface area contributed by atoms with Crippen LogP contribution in [-0.2, 0) is 25.2 Å². The van der Waals surface area contributed by atoms with E-state index in [0.717, 1.165) is 43.6 Å². The minimum absolute atomic E-state index is 0.0281. The molecule has 3 aromatic rings. The number of ether oxygens (including phenoxy) is 1. The Labute approximate surface area is 305 Å². The van der Waals surface area contributed by atoms with E-state index >= 15 is 0 Å². The van der Waals surface area contributed by atoms with Crippen molar-refractivity contribution in [3.8, 4) is 0 Å². The van der Waals surface area contributed by atoms with Crippen molar-refractivity contribution in [2.24, 2.45) is 0 Å². The van der Waals surface area contributed by atoms with Gasteiger partial charge in [-0.05, 0) is 87.6 Å². The highest BCUT2D eigenvalue weighted by atomic mass is 35.5. The first-order valence-corrected chi connectivity index (χ1v) is 18.5. The smallest absolute Gasteiger partial charge is 0.320 e. The van der Waals surface area contributed by atoms with Gasteiger partial charge in [0.2, 0.25) is 5.91 Å². The number of carbonyl (C=O) groups excluding carboxylic acids is 3. The molecule has 1 atom stereocenters. The van der Waals surface area contributed by atoms with Crippen molar-refractivity contribution < 1.29 is 19.1 Å². The molecule has 1 unspecified atom stereocenters. The molecule has 50 heavy (non-hydrogen) atoms. The Hall–Kier alpha value is -3.47. The van der Waals surface area contributed by atoms with Gasteiger partial charge in [-0.3, -0.25) is 24.7 Å². The number of halogens is 2. The average molecular weight is 721 g/mol. The van der Waals surface area contributed by atoms with Crippen molar-refractivity contribution in [3.05, 3.63) is 106 Å². The predicted molar refractivity (Wildman–Crippen MR) is 196 cm³/mol. The third kappa shape index (κ3) is 8.19. The Morgan fingerprint density at radius 3 is 2.10 bits per heavy atom. The standard InChI is InChI=1S/C39H47Cl2N5O4/c1-2-50-35(47)28-44-23-25-46(26-24-44)42-37(49)39(31-11-7-4-8-12-31)17-20-43(21-18-39)19-15-38(32-13-14-33(40)34(41)27-32)16-22-45(29-38)36(48)30-9-5-3-6-10-30/h3-14,27H,2,15-26,28-29H2,1H3,(H,42,49). The summed E-state index contributed by atoms with van der Waals surface area (Å²) in [4.78, 5) is 46.1. The molecule has 3 heterocycles. The minimum atomic E-state index is -0.645. The summed E-state index contributed by atoms with van der Waals surface area (Å²) >= 11 is 12.9. The monoisotopic (exact) mass is 719 g/mol. The molecular weight excluding hydrogens is 673 g/mol. The second kappa shape index (κ2) is 16.3. The molecule has 6 rings (SSSR count). The first kappa shape index (κ1) is 36.3. The fourth-order valence-electron chi connectivity index (χ4n) is 7.81. The number of carbonyl (C=O) groups is 3. The molecular formula is C39H47Cl2N5O4. The summed E-state index contributed by atoms with van der Waals surface area (Å²) in [6, 6.07) is 25.5. The Bertz CT molecular complexity index is 1630. The number of nitrogens with zero attached hydrogens (tertiary/aromatic N) is 4. The van der Waals surface area contributed by atoms with E-state index in [2.05, 4.69) is 33.4 Å². The summed E-state index contributed by atoms with van der Waals surface area (Å²) in [7, 11) is 0. The number of esters is 1. The highest BCUT2D eigenvalue weighted by Crippen LogP contribution is 2.42. The third-order valence-electron chi connectivity index (χ3n) is 10.9. The summed E-state index contributed by atoms with van der Waals surface area (Å²) in [5.41, 5.74) is 5.19. The summed E-state index contributed by atoms with van der Waals surface area (Å²) in [6.07, 6.45) is 3.08. The lowest BCUT2D eigenvalue weighted by molar-refractivity contribution is -0.145. The van der Waals surface area contributed by atoms with Crippen molar-refractivity contribution in [3.63, 3.8) is 0 Å². The van der Waals surface area contributed by atoms with Crippen LogP contribution in [0.15, 0.2) is 78.9 Å². The zero-order chi connectivity index (χ0) is 35.1. The van der Waals surface area contributed by atoms with Crippen LogP contribution >= 0.6 is 23.2 Å². The maximum absolute atomic E-state index is 14.2. The molecule has 0 aliphatic carbocycles. The summed E-state index contributed by atoms with van der Waals surface area (Å²) in [6.45, 7) is 8.77. The number of hydrogen-bond donors (Lipinski definition) is 1. The number of likely N-dealkylation sites (tertiary alicyclic amines) is 2. The second-order valence-electron chi connectivity index (χ2n) is 13.8. The number of amides is 2. The van der Waals surface area contributed by atoms with Gasteiger partial charge >= 0.3 is 5.97 Å². The number of hydrazine groups is 1. The summed E-state index contributed by atoms with van der Waals surface area (Å²) in [5, 5.41) is 3.03. The zero-order valence-electron chi connectivity index (χ0n) is 28.8. The molecule has 9 nitrogen and oxygen atoms in total. The topological polar surface area (TPSA) is 85.4 Å². The van der Waals surface area contributed by atoms with Gasteiger partial charge in [0.1, 0.15) is 0 Å². The van der Waals surface area contributed by atoms with Gasteiger partial charge in [-0.2, -0.15) is 0 Å². The van der Waals surface area contributed by atoms with E-state index in [9.17, 15) is 14.4 Å². The molecule has 11 heteroatoms. The molecule has 0 saturated carbocycles. The second-order valence-corrected chi connectivity index (χ2v) is 14.6. The Kier molecular flexibility index (Phi) is 11.8. The van der Waals surface area contributed by atoms with Crippen LogP contribution in [0, 0.1) is 0 Å². The quantitative estimate of drug-likeness (QED) is 0.265. The molecule has 3 aliphatic heterocycles. The SMILES string of the molecule is CCOC(=O)CN1CCN(NC(=O)C2(c3ccccc3)CCN(CCC3(c4ccc(Cl)c(Cl)c4)CCN(C(=O)c4ccccc4)C3)CC2)CC1. The summed E-state index contributed by atoms with van der Waals surface area (Å²) < 4.78 is 5.11. The maximum atomic E-state index is 14.2. The van der Waals surface area contributed by atoms with Crippen LogP contribution in [0.2, 0.25) is 10.0 Å². The van der Waals surface area contributed by atoms with Gasteiger partial charge in [0.25, 0.3) is 5.91 Å². The van der Waals surface area contributed by atoms with Crippen LogP contribution in [0.25, 0.3) is 0 Å². The molecule has 2 amide bonds. The van der Waals surface area contributed by atoms with E-state index in [-0.39, 0.29) is 29.7 Å². The van der Waals surface area contributed by atoms with Crippen molar-refractivity contribution in [1.82, 2.24) is 25.1 Å². The molecule has 0 bridgehead atoms. The molecule has 1 N–H and O–H groups in total. The van der Waals surface area contributed by atoms with Gasteiger partial charge < -0.3 is 14.5 Å². The van der Waals surface area contributed by atoms with E-state index in [1.165, 1.54) is 0 Å². The number of piperidine rings is 1. The largest absolute Gasteiger partial charge is 0.465 e. The molecule has 0 radical (unpaired) electrons. The van der Waals surface area contributed by atoms with Crippen molar-refractivity contribution >= 4 is 41.0 Å². The number of piperazine rings is 1. The Morgan fingerprint density at radius 1 is 0.760 bits per heavy atom. The molecule has 266 valence electrons. The van der Waals surface area contributed by atoms with Crippen LogP contribution in [-0.4, -0.2) is 110 Å². The van der Waals surface area contributed by atoms with Crippen LogP contribution < -0.4 is 5.43 Å². The highest BCUT2D eigenvalue weighted by molar-refractivity contribution is 6.42. The van der Waals surface area contributed by atoms with E-state index in [4.69, 9.17) is 27.9 Å². The Morgan fingerprint density at radius 2 is 1.44 bits per heavy atom. The summed E-state index contributed by atoms with van der Waals surface area (Å²) in [5.74, 6) is -0.140. The van der Waals surface area contributed by atoms with E-state index < -0.39 is 5.41 Å². The Balaban J connectivity index is 1.12. The molecule has 3 saturated heterocycles. The van der Waals surface area contributed by atoms with Crippen LogP contribution in [0.4, 0.5) is 0 Å². The van der Waals surface area contributed by atoms with Crippen LogP contribution in [0.5, 0.6) is 0 Å². The first-order valence-electron chi connectivity index (χ1n) is 17.7. The third-order valence-corrected chi connectivity index (χ3v) is 11.6. The lowest BCUT2D eigenvalue weighted by atomic mass is 9.71. The van der Waals surface area contributed by atoms with Crippen LogP contribution in [0.3, 0.4) is 0 Å². The fourth-order valence-corrected chi connectivity index (χ4v) is 8.11. The lowest BCUT2D eigenvalue weighted by Gasteiger charge is -2.43. The number of benzene rings is 3. The minimum Gasteiger partial charge on any atom is -0.465 e. The van der Waals surface area contributed by atoms with Gasteiger partial charge in [-0.15, -0.1) is 0 Å². The maximum Gasteiger partial charge on any atom is 0.320 e. The molecule has 3 aliphatic rings. The van der Waals surface area contributed by atoms with E-state index in [1.54, 1.807) is 0 Å². The van der Waals surface area contributed by atoms with Crippen molar-refractivity contribution in [2.45, 2.75) is 43.4 Å². The molecule has 0 aromatic heterocycles. The number of hydrogen-bond acceptors (Lipinski definition) is 7. The average Bonchev–Trinajstić information content (AvgIpc) is 3.59. The number of nitrogens with one attached hydrogen (secondary N) is 1. The van der Waals surface area contributed by atoms with Crippen molar-refractivity contribution in [2.75, 3.05) is 72.1 Å². The normalized spacial score (nSPS) is 21.5. The molecule has 0 spiro atoms. The van der Waals surface area contributed by atoms with Gasteiger partial charge in [-0.25, -0.2) is 5.01 Å². The molecule has 3 aromatic carbocycles. The van der Waals surface area contributed by atoms with Gasteiger partial charge in [0, 0.05) is 50.2 Å². The van der Waals surface area contributed by atoms with Gasteiger partial charge in [0.05, 0.1) is 28.6 Å². The lowest BCUT2D eigenvalue weighted by Crippen LogP contribution is -2.59. The van der Waals surface area contributed by atoms with Gasteiger partial charge in [-0.1, -0.05) is 77.8 Å². The highest BCUT2D eigenvalue weighted by Gasteiger charge is 2.45. The van der Waals surface area contributed by atoms with Gasteiger partial charge in [0.15, 0.2) is 0 Å². The van der Waals surface area contributed by atoms with Crippen LogP contribution in [0.1, 0.15) is 54.1 Å². The first-order chi connectivity index (χ1) is 24.2.